The molecule has 1 aromatic heterocycles. The largest absolute Gasteiger partial charge is 0.489 e. The normalized spacial score (nSPS) is 12.2. The van der Waals surface area contributed by atoms with E-state index in [0.29, 0.717) is 17.1 Å². The number of fused-ring (bicyclic) bond motifs is 1. The Balaban J connectivity index is 1.54. The first-order valence-electron chi connectivity index (χ1n) is 10.9. The van der Waals surface area contributed by atoms with E-state index >= 15 is 0 Å². The fourth-order valence-corrected chi connectivity index (χ4v) is 3.27. The van der Waals surface area contributed by atoms with E-state index in [0.717, 1.165) is 16.5 Å². The van der Waals surface area contributed by atoms with Gasteiger partial charge in [-0.1, -0.05) is 12.1 Å². The lowest BCUT2D eigenvalue weighted by Crippen LogP contribution is -2.36. The summed E-state index contributed by atoms with van der Waals surface area (Å²) in [5, 5.41) is 3.58. The smallest absolute Gasteiger partial charge is 0.306 e. The molecule has 0 fully saturated rings. The van der Waals surface area contributed by atoms with Gasteiger partial charge < -0.3 is 31.2 Å². The Hall–Kier alpha value is -3.85. The molecule has 3 rings (SSSR count). The molecule has 0 aliphatic carbocycles. The molecular weight excluding hydrogens is 436 g/mol. The van der Waals surface area contributed by atoms with Crippen LogP contribution in [0.5, 0.6) is 5.75 Å². The van der Waals surface area contributed by atoms with Crippen LogP contribution in [0.25, 0.3) is 10.9 Å². The van der Waals surface area contributed by atoms with Gasteiger partial charge in [-0.15, -0.1) is 0 Å². The van der Waals surface area contributed by atoms with Crippen molar-refractivity contribution >= 4 is 34.4 Å². The van der Waals surface area contributed by atoms with Crippen molar-refractivity contribution < 1.29 is 23.9 Å². The Morgan fingerprint density at radius 2 is 1.85 bits per heavy atom. The number of aromatic amines is 1. The Morgan fingerprint density at radius 1 is 1.09 bits per heavy atom. The summed E-state index contributed by atoms with van der Waals surface area (Å²) in [6.07, 6.45) is 0.245. The maximum absolute atomic E-state index is 12.4. The number of H-pyrrole nitrogens is 1. The van der Waals surface area contributed by atoms with E-state index in [-0.39, 0.29) is 25.4 Å². The summed E-state index contributed by atoms with van der Waals surface area (Å²) in [5.41, 5.74) is 13.2. The number of carbonyl (C=O) groups excluding carboxylic acids is 3. The average molecular weight is 467 g/mol. The Labute approximate surface area is 197 Å². The number of nitrogens with two attached hydrogens (primary N) is 2. The molecule has 0 radical (unpaired) electrons. The summed E-state index contributed by atoms with van der Waals surface area (Å²) in [4.78, 5) is 38.5. The molecule has 1 atom stereocenters. The van der Waals surface area contributed by atoms with Gasteiger partial charge >= 0.3 is 5.97 Å². The van der Waals surface area contributed by atoms with Crippen LogP contribution in [0.4, 0.5) is 5.69 Å². The van der Waals surface area contributed by atoms with Crippen molar-refractivity contribution in [3.63, 3.8) is 0 Å². The molecular formula is C25H30N4O5. The lowest BCUT2D eigenvalue weighted by Gasteiger charge is -2.20. The summed E-state index contributed by atoms with van der Waals surface area (Å²) in [5.74, 6) is -0.674. The molecule has 0 unspecified atom stereocenters. The molecule has 0 bridgehead atoms. The molecule has 0 saturated heterocycles. The van der Waals surface area contributed by atoms with Crippen LogP contribution in [0.2, 0.25) is 0 Å². The lowest BCUT2D eigenvalue weighted by atomic mass is 10.1. The van der Waals surface area contributed by atoms with Crippen molar-refractivity contribution in [1.29, 1.82) is 0 Å². The van der Waals surface area contributed by atoms with Crippen LogP contribution < -0.4 is 21.5 Å². The first-order valence-corrected chi connectivity index (χ1v) is 10.9. The topological polar surface area (TPSA) is 150 Å². The standard InChI is InChI=1S/C25H30N4O5/c1-25(2,3)34-22(30)10-8-19(26)24(32)28-17-6-4-5-15(11-17)14-33-18-7-9-20-16(12-18)13-21(29-20)23(27)31/h4-7,9,11-13,19,29H,8,10,14,26H2,1-3H3,(H2,27,31)(H,28,32)/t19-/m0/s1. The molecule has 2 amide bonds. The monoisotopic (exact) mass is 466 g/mol. The summed E-state index contributed by atoms with van der Waals surface area (Å²) in [6.45, 7) is 5.62. The molecule has 9 heteroatoms. The second-order valence-corrected chi connectivity index (χ2v) is 9.01. The highest BCUT2D eigenvalue weighted by Gasteiger charge is 2.20. The number of hydrogen-bond donors (Lipinski definition) is 4. The van der Waals surface area contributed by atoms with Crippen molar-refractivity contribution in [2.24, 2.45) is 11.5 Å². The van der Waals surface area contributed by atoms with E-state index in [4.69, 9.17) is 20.9 Å². The zero-order valence-corrected chi connectivity index (χ0v) is 19.5. The van der Waals surface area contributed by atoms with Crippen molar-refractivity contribution in [2.75, 3.05) is 5.32 Å². The molecule has 3 aromatic rings. The molecule has 2 aromatic carbocycles. The third kappa shape index (κ3) is 7.08. The van der Waals surface area contributed by atoms with Crippen LogP contribution in [0.3, 0.4) is 0 Å². The maximum Gasteiger partial charge on any atom is 0.306 e. The van der Waals surface area contributed by atoms with Gasteiger partial charge in [0, 0.05) is 23.0 Å². The van der Waals surface area contributed by atoms with Crippen LogP contribution in [0, 0.1) is 0 Å². The van der Waals surface area contributed by atoms with Crippen LogP contribution in [-0.2, 0) is 20.9 Å². The second kappa shape index (κ2) is 10.4. The molecule has 9 nitrogen and oxygen atoms in total. The first kappa shape index (κ1) is 24.8. The summed E-state index contributed by atoms with van der Waals surface area (Å²) in [6, 6.07) is 13.5. The second-order valence-electron chi connectivity index (χ2n) is 9.01. The Morgan fingerprint density at radius 3 is 2.56 bits per heavy atom. The number of nitrogens with one attached hydrogen (secondary N) is 2. The highest BCUT2D eigenvalue weighted by Crippen LogP contribution is 2.23. The van der Waals surface area contributed by atoms with E-state index in [1.54, 1.807) is 51.1 Å². The summed E-state index contributed by atoms with van der Waals surface area (Å²) >= 11 is 0. The molecule has 6 N–H and O–H groups in total. The van der Waals surface area contributed by atoms with E-state index in [9.17, 15) is 14.4 Å². The van der Waals surface area contributed by atoms with Gasteiger partial charge in [-0.3, -0.25) is 14.4 Å². The highest BCUT2D eigenvalue weighted by atomic mass is 16.6. The number of rotatable bonds is 9. The van der Waals surface area contributed by atoms with Crippen LogP contribution in [0.1, 0.15) is 49.7 Å². The van der Waals surface area contributed by atoms with Gasteiger partial charge in [0.05, 0.1) is 6.04 Å². The number of amides is 2. The number of anilines is 1. The molecule has 1 heterocycles. The zero-order valence-electron chi connectivity index (χ0n) is 19.5. The lowest BCUT2D eigenvalue weighted by molar-refractivity contribution is -0.155. The highest BCUT2D eigenvalue weighted by molar-refractivity contribution is 5.97. The van der Waals surface area contributed by atoms with Crippen molar-refractivity contribution in [2.45, 2.75) is 51.9 Å². The minimum Gasteiger partial charge on any atom is -0.489 e. The molecule has 0 saturated carbocycles. The molecule has 0 spiro atoms. The number of aromatic nitrogens is 1. The van der Waals surface area contributed by atoms with Crippen molar-refractivity contribution in [3.8, 4) is 5.75 Å². The number of esters is 1. The number of primary amides is 1. The number of ether oxygens (including phenoxy) is 2. The SMILES string of the molecule is CC(C)(C)OC(=O)CC[C@H](N)C(=O)Nc1cccc(COc2ccc3[nH]c(C(N)=O)cc3c2)c1. The van der Waals surface area contributed by atoms with E-state index in [2.05, 4.69) is 10.3 Å². The van der Waals surface area contributed by atoms with Crippen molar-refractivity contribution in [3.05, 3.63) is 59.8 Å². The fraction of sp³-hybridized carbons (Fsp3) is 0.320. The van der Waals surface area contributed by atoms with E-state index in [1.165, 1.54) is 0 Å². The van der Waals surface area contributed by atoms with Gasteiger partial charge in [-0.2, -0.15) is 0 Å². The number of benzene rings is 2. The summed E-state index contributed by atoms with van der Waals surface area (Å²) in [7, 11) is 0. The quantitative estimate of drug-likeness (QED) is 0.356. The third-order valence-corrected chi connectivity index (χ3v) is 4.87. The first-order chi connectivity index (χ1) is 16.0. The van der Waals surface area contributed by atoms with Crippen LogP contribution in [-0.4, -0.2) is 34.4 Å². The van der Waals surface area contributed by atoms with E-state index in [1.807, 2.05) is 18.2 Å². The van der Waals surface area contributed by atoms with Crippen molar-refractivity contribution in [1.82, 2.24) is 4.98 Å². The van der Waals surface area contributed by atoms with Gasteiger partial charge in [0.25, 0.3) is 5.91 Å². The predicted octanol–water partition coefficient (Wildman–Crippen LogP) is 3.23. The minimum atomic E-state index is -0.842. The Kier molecular flexibility index (Phi) is 7.57. The number of hydrogen-bond acceptors (Lipinski definition) is 6. The average Bonchev–Trinajstić information content (AvgIpc) is 3.19. The fourth-order valence-electron chi connectivity index (χ4n) is 3.27. The van der Waals surface area contributed by atoms with Crippen LogP contribution >= 0.6 is 0 Å². The zero-order chi connectivity index (χ0) is 24.9. The molecule has 34 heavy (non-hydrogen) atoms. The minimum absolute atomic E-state index is 0.0617. The van der Waals surface area contributed by atoms with Crippen LogP contribution in [0.15, 0.2) is 48.5 Å². The van der Waals surface area contributed by atoms with Gasteiger partial charge in [-0.05, 0) is 69.2 Å². The molecule has 180 valence electrons. The van der Waals surface area contributed by atoms with E-state index < -0.39 is 23.5 Å². The predicted molar refractivity (Wildman–Crippen MR) is 129 cm³/mol. The maximum atomic E-state index is 12.4. The number of carbonyl (C=O) groups is 3. The molecule has 0 aliphatic heterocycles. The Bertz CT molecular complexity index is 1200. The van der Waals surface area contributed by atoms with Gasteiger partial charge in [0.15, 0.2) is 0 Å². The third-order valence-electron chi connectivity index (χ3n) is 4.87. The molecule has 0 aliphatic rings. The summed E-state index contributed by atoms with van der Waals surface area (Å²) < 4.78 is 11.1. The van der Waals surface area contributed by atoms with Gasteiger partial charge in [-0.25, -0.2) is 0 Å². The van der Waals surface area contributed by atoms with Gasteiger partial charge in [0.1, 0.15) is 23.7 Å². The van der Waals surface area contributed by atoms with Gasteiger partial charge in [0.2, 0.25) is 5.91 Å².